The molecule has 0 aliphatic heterocycles. The third kappa shape index (κ3) is 4.14. The van der Waals surface area contributed by atoms with E-state index < -0.39 is 5.97 Å². The molecule has 0 aliphatic carbocycles. The van der Waals surface area contributed by atoms with Crippen LogP contribution in [0.4, 0.5) is 5.69 Å². The summed E-state index contributed by atoms with van der Waals surface area (Å²) >= 11 is 0. The van der Waals surface area contributed by atoms with E-state index in [1.165, 1.54) is 7.11 Å². The van der Waals surface area contributed by atoms with Crippen molar-refractivity contribution in [3.63, 3.8) is 0 Å². The number of nitrogens with one attached hydrogen (secondary N) is 1. The molecule has 1 N–H and O–H groups in total. The van der Waals surface area contributed by atoms with Gasteiger partial charge in [-0.25, -0.2) is 4.79 Å². The quantitative estimate of drug-likeness (QED) is 0.654. The van der Waals surface area contributed by atoms with Crippen LogP contribution in [0.2, 0.25) is 0 Å². The van der Waals surface area contributed by atoms with Crippen LogP contribution in [-0.2, 0) is 4.79 Å². The summed E-state index contributed by atoms with van der Waals surface area (Å²) in [5.74, 6) is 1.30. The van der Waals surface area contributed by atoms with Gasteiger partial charge in [0.25, 0.3) is 0 Å². The summed E-state index contributed by atoms with van der Waals surface area (Å²) < 4.78 is 15.4. The number of carbonyl (C=O) groups is 1. The SMILES string of the molecule is COc1ccc(NCC(=O)Oc2ccccc2OC)cc1. The largest absolute Gasteiger partial charge is 0.497 e. The third-order valence-electron chi connectivity index (χ3n) is 2.82. The van der Waals surface area contributed by atoms with E-state index >= 15 is 0 Å². The molecule has 0 heterocycles. The number of carbonyl (C=O) groups excluding carboxylic acids is 1. The number of para-hydroxylation sites is 2. The number of ether oxygens (including phenoxy) is 3. The molecule has 0 bridgehead atoms. The van der Waals surface area contributed by atoms with Gasteiger partial charge in [0.15, 0.2) is 11.5 Å². The molecule has 0 aromatic heterocycles. The highest BCUT2D eigenvalue weighted by Gasteiger charge is 2.09. The van der Waals surface area contributed by atoms with Crippen molar-refractivity contribution >= 4 is 11.7 Å². The van der Waals surface area contributed by atoms with Crippen LogP contribution in [0.3, 0.4) is 0 Å². The molecule has 0 fully saturated rings. The first kappa shape index (κ1) is 14.7. The van der Waals surface area contributed by atoms with Crippen LogP contribution in [0, 0.1) is 0 Å². The summed E-state index contributed by atoms with van der Waals surface area (Å²) in [6.07, 6.45) is 0. The van der Waals surface area contributed by atoms with Gasteiger partial charge in [-0.1, -0.05) is 12.1 Å². The first-order valence-electron chi connectivity index (χ1n) is 6.44. The lowest BCUT2D eigenvalue weighted by Gasteiger charge is -2.10. The van der Waals surface area contributed by atoms with Crippen molar-refractivity contribution in [1.82, 2.24) is 0 Å². The Labute approximate surface area is 123 Å². The zero-order valence-electron chi connectivity index (χ0n) is 12.0. The lowest BCUT2D eigenvalue weighted by molar-refractivity contribution is -0.132. The molecule has 110 valence electrons. The van der Waals surface area contributed by atoms with Gasteiger partial charge in [-0.3, -0.25) is 0 Å². The maximum Gasteiger partial charge on any atom is 0.330 e. The van der Waals surface area contributed by atoms with Gasteiger partial charge in [-0.15, -0.1) is 0 Å². The highest BCUT2D eigenvalue weighted by atomic mass is 16.6. The molecule has 0 radical (unpaired) electrons. The summed E-state index contributed by atoms with van der Waals surface area (Å²) in [4.78, 5) is 11.8. The van der Waals surface area contributed by atoms with Crippen molar-refractivity contribution in [3.05, 3.63) is 48.5 Å². The van der Waals surface area contributed by atoms with E-state index in [9.17, 15) is 4.79 Å². The molecule has 0 atom stereocenters. The summed E-state index contributed by atoms with van der Waals surface area (Å²) in [5, 5.41) is 2.98. The minimum absolute atomic E-state index is 0.0599. The van der Waals surface area contributed by atoms with Gasteiger partial charge in [0.2, 0.25) is 0 Å². The molecule has 2 aromatic carbocycles. The van der Waals surface area contributed by atoms with Crippen LogP contribution >= 0.6 is 0 Å². The number of rotatable bonds is 6. The Morgan fingerprint density at radius 3 is 2.24 bits per heavy atom. The standard InChI is InChI=1S/C16H17NO4/c1-19-13-9-7-12(8-10-13)17-11-16(18)21-15-6-4-3-5-14(15)20-2/h3-10,17H,11H2,1-2H3. The van der Waals surface area contributed by atoms with Crippen LogP contribution in [0.25, 0.3) is 0 Å². The molecular formula is C16H17NO4. The number of anilines is 1. The van der Waals surface area contributed by atoms with Gasteiger partial charge in [0, 0.05) is 5.69 Å². The smallest absolute Gasteiger partial charge is 0.330 e. The minimum Gasteiger partial charge on any atom is -0.497 e. The fourth-order valence-electron chi connectivity index (χ4n) is 1.74. The van der Waals surface area contributed by atoms with Gasteiger partial charge in [-0.05, 0) is 36.4 Å². The van der Waals surface area contributed by atoms with Gasteiger partial charge >= 0.3 is 5.97 Å². The van der Waals surface area contributed by atoms with Crippen molar-refractivity contribution < 1.29 is 19.0 Å². The van der Waals surface area contributed by atoms with E-state index in [1.807, 2.05) is 30.3 Å². The van der Waals surface area contributed by atoms with Crippen molar-refractivity contribution in [1.29, 1.82) is 0 Å². The second kappa shape index (κ2) is 7.19. The summed E-state index contributed by atoms with van der Waals surface area (Å²) in [6, 6.07) is 14.3. The number of hydrogen-bond acceptors (Lipinski definition) is 5. The summed E-state index contributed by atoms with van der Waals surface area (Å²) in [7, 11) is 3.13. The second-order valence-electron chi connectivity index (χ2n) is 4.21. The molecule has 21 heavy (non-hydrogen) atoms. The van der Waals surface area contributed by atoms with Gasteiger partial charge in [0.05, 0.1) is 14.2 Å². The highest BCUT2D eigenvalue weighted by molar-refractivity contribution is 5.78. The Morgan fingerprint density at radius 1 is 0.952 bits per heavy atom. The summed E-state index contributed by atoms with van der Waals surface area (Å²) in [5.41, 5.74) is 0.813. The Hall–Kier alpha value is -2.69. The average Bonchev–Trinajstić information content (AvgIpc) is 2.54. The summed E-state index contributed by atoms with van der Waals surface area (Å²) in [6.45, 7) is 0.0599. The minimum atomic E-state index is -0.393. The van der Waals surface area contributed by atoms with Crippen molar-refractivity contribution in [3.8, 4) is 17.2 Å². The molecule has 5 nitrogen and oxygen atoms in total. The van der Waals surface area contributed by atoms with Crippen LogP contribution in [-0.4, -0.2) is 26.7 Å². The molecule has 2 rings (SSSR count). The van der Waals surface area contributed by atoms with Crippen LogP contribution in [0.15, 0.2) is 48.5 Å². The van der Waals surface area contributed by atoms with Gasteiger partial charge in [-0.2, -0.15) is 0 Å². The maximum atomic E-state index is 11.8. The third-order valence-corrected chi connectivity index (χ3v) is 2.82. The van der Waals surface area contributed by atoms with Crippen LogP contribution < -0.4 is 19.5 Å². The Morgan fingerprint density at radius 2 is 1.62 bits per heavy atom. The monoisotopic (exact) mass is 287 g/mol. The van der Waals surface area contributed by atoms with Crippen molar-refractivity contribution in [2.75, 3.05) is 26.1 Å². The molecule has 2 aromatic rings. The second-order valence-corrected chi connectivity index (χ2v) is 4.21. The zero-order chi connectivity index (χ0) is 15.1. The Kier molecular flexibility index (Phi) is 5.04. The number of methoxy groups -OCH3 is 2. The number of esters is 1. The molecule has 0 unspecified atom stereocenters. The molecular weight excluding hydrogens is 270 g/mol. The fraction of sp³-hybridized carbons (Fsp3) is 0.188. The first-order valence-corrected chi connectivity index (χ1v) is 6.44. The number of benzene rings is 2. The highest BCUT2D eigenvalue weighted by Crippen LogP contribution is 2.25. The van der Waals surface area contributed by atoms with E-state index in [4.69, 9.17) is 14.2 Å². The van der Waals surface area contributed by atoms with E-state index in [2.05, 4.69) is 5.32 Å². The first-order chi connectivity index (χ1) is 10.2. The van der Waals surface area contributed by atoms with E-state index in [1.54, 1.807) is 25.3 Å². The molecule has 0 spiro atoms. The Balaban J connectivity index is 1.89. The van der Waals surface area contributed by atoms with Crippen LogP contribution in [0.1, 0.15) is 0 Å². The van der Waals surface area contributed by atoms with Gasteiger partial charge in [0.1, 0.15) is 12.3 Å². The van der Waals surface area contributed by atoms with E-state index in [0.717, 1.165) is 11.4 Å². The number of hydrogen-bond donors (Lipinski definition) is 1. The van der Waals surface area contributed by atoms with E-state index in [-0.39, 0.29) is 6.54 Å². The van der Waals surface area contributed by atoms with Gasteiger partial charge < -0.3 is 19.5 Å². The predicted octanol–water partition coefficient (Wildman–Crippen LogP) is 2.72. The predicted molar refractivity (Wildman–Crippen MR) is 80.1 cm³/mol. The van der Waals surface area contributed by atoms with Crippen LogP contribution in [0.5, 0.6) is 17.2 Å². The molecule has 0 saturated carbocycles. The topological polar surface area (TPSA) is 56.8 Å². The Bertz CT molecular complexity index is 595. The average molecular weight is 287 g/mol. The normalized spacial score (nSPS) is 9.81. The zero-order valence-corrected chi connectivity index (χ0v) is 12.0. The maximum absolute atomic E-state index is 11.8. The fourth-order valence-corrected chi connectivity index (χ4v) is 1.74. The molecule has 5 heteroatoms. The van der Waals surface area contributed by atoms with Crippen molar-refractivity contribution in [2.24, 2.45) is 0 Å². The lowest BCUT2D eigenvalue weighted by atomic mass is 10.3. The lowest BCUT2D eigenvalue weighted by Crippen LogP contribution is -2.19. The van der Waals surface area contributed by atoms with E-state index in [0.29, 0.717) is 11.5 Å². The molecule has 0 saturated heterocycles. The molecule has 0 amide bonds. The molecule has 0 aliphatic rings. The van der Waals surface area contributed by atoms with Crippen molar-refractivity contribution in [2.45, 2.75) is 0 Å².